The highest BCUT2D eigenvalue weighted by Crippen LogP contribution is 2.27. The summed E-state index contributed by atoms with van der Waals surface area (Å²) in [4.78, 5) is 34.2. The molecule has 0 bridgehead atoms. The molecule has 1 N–H and O–H groups in total. The Morgan fingerprint density at radius 1 is 0.338 bits per heavy atom. The van der Waals surface area contributed by atoms with Gasteiger partial charge in [0.05, 0.1) is 6.10 Å². The van der Waals surface area contributed by atoms with Crippen LogP contribution >= 0.6 is 0 Å². The Bertz CT molecular complexity index is 944. The second-order valence-corrected chi connectivity index (χ2v) is 22.3. The summed E-state index contributed by atoms with van der Waals surface area (Å²) in [7, 11) is 0. The van der Waals surface area contributed by atoms with Crippen LogP contribution in [0.2, 0.25) is 0 Å². The maximum absolute atomic E-state index is 13.5. The van der Waals surface area contributed by atoms with Gasteiger partial charge in [-0.25, -0.2) is 0 Å². The van der Waals surface area contributed by atoms with Gasteiger partial charge in [0.25, 0.3) is 0 Å². The highest BCUT2D eigenvalue weighted by molar-refractivity contribution is 5.76. The van der Waals surface area contributed by atoms with Crippen LogP contribution in [0, 0.1) is 5.92 Å². The molecule has 6 nitrogen and oxygen atoms in total. The van der Waals surface area contributed by atoms with Crippen LogP contribution in [0.3, 0.4) is 0 Å². The molecule has 1 rings (SSSR count). The van der Waals surface area contributed by atoms with Gasteiger partial charge >= 0.3 is 0 Å². The van der Waals surface area contributed by atoms with E-state index >= 15 is 0 Å². The Morgan fingerprint density at radius 2 is 0.588 bits per heavy atom. The van der Waals surface area contributed by atoms with Crippen LogP contribution in [0.4, 0.5) is 0 Å². The number of aliphatic hydroxyl groups is 1. The molecular weight excluding hydrogens is 835 g/mol. The van der Waals surface area contributed by atoms with Crippen molar-refractivity contribution < 1.29 is 14.7 Å². The first kappa shape index (κ1) is 64.9. The molecular formula is C62H123N3O3. The van der Waals surface area contributed by atoms with Gasteiger partial charge in [0, 0.05) is 45.6 Å². The molecule has 0 saturated heterocycles. The minimum atomic E-state index is -0.0969. The van der Waals surface area contributed by atoms with Crippen molar-refractivity contribution in [2.45, 2.75) is 336 Å². The molecule has 0 aromatic carbocycles. The van der Waals surface area contributed by atoms with Crippen molar-refractivity contribution in [2.75, 3.05) is 45.8 Å². The molecule has 2 atom stereocenters. The van der Waals surface area contributed by atoms with Gasteiger partial charge in [-0.05, 0) is 89.6 Å². The number of nitrogens with zero attached hydrogens (tertiary/aromatic N) is 3. The number of unbranched alkanes of at least 4 members (excludes halogenated alkanes) is 36. The van der Waals surface area contributed by atoms with Crippen LogP contribution in [0.5, 0.6) is 0 Å². The van der Waals surface area contributed by atoms with E-state index in [0.717, 1.165) is 71.2 Å². The second kappa shape index (κ2) is 50.8. The van der Waals surface area contributed by atoms with Crippen molar-refractivity contribution in [3.63, 3.8) is 0 Å². The average Bonchev–Trinajstić information content (AvgIpc) is 3.76. The zero-order chi connectivity index (χ0) is 49.2. The Morgan fingerprint density at radius 3 is 0.853 bits per heavy atom. The Kier molecular flexibility index (Phi) is 48.5. The number of rotatable bonds is 54. The van der Waals surface area contributed by atoms with Crippen LogP contribution in [0.15, 0.2) is 0 Å². The zero-order valence-electron chi connectivity index (χ0n) is 46.9. The zero-order valence-corrected chi connectivity index (χ0v) is 46.9. The summed E-state index contributed by atoms with van der Waals surface area (Å²) in [6, 6.07) is 0. The van der Waals surface area contributed by atoms with Gasteiger partial charge in [0.1, 0.15) is 0 Å². The first-order valence-corrected chi connectivity index (χ1v) is 31.4. The highest BCUT2D eigenvalue weighted by Gasteiger charge is 2.24. The van der Waals surface area contributed by atoms with Crippen LogP contribution < -0.4 is 0 Å². The molecule has 1 saturated carbocycles. The van der Waals surface area contributed by atoms with Crippen LogP contribution in [-0.4, -0.2) is 83.5 Å². The predicted molar refractivity (Wildman–Crippen MR) is 299 cm³/mol. The number of amides is 2. The summed E-state index contributed by atoms with van der Waals surface area (Å²) >= 11 is 0. The van der Waals surface area contributed by atoms with Gasteiger partial charge in [-0.2, -0.15) is 0 Å². The lowest BCUT2D eigenvalue weighted by Crippen LogP contribution is -2.32. The van der Waals surface area contributed by atoms with Crippen molar-refractivity contribution in [3.8, 4) is 0 Å². The lowest BCUT2D eigenvalue weighted by molar-refractivity contribution is -0.132. The predicted octanol–water partition coefficient (Wildman–Crippen LogP) is 18.4. The molecule has 6 heteroatoms. The third-order valence-electron chi connectivity index (χ3n) is 15.6. The van der Waals surface area contributed by atoms with E-state index in [-0.39, 0.29) is 6.10 Å². The van der Waals surface area contributed by atoms with E-state index in [0.29, 0.717) is 17.7 Å². The van der Waals surface area contributed by atoms with Gasteiger partial charge < -0.3 is 19.8 Å². The molecule has 0 aromatic rings. The highest BCUT2D eigenvalue weighted by atomic mass is 16.3. The summed E-state index contributed by atoms with van der Waals surface area (Å²) in [5.74, 6) is 1.47. The molecule has 0 aliphatic heterocycles. The number of carbonyl (C=O) groups is 2. The molecule has 1 aliphatic carbocycles. The molecule has 68 heavy (non-hydrogen) atoms. The molecule has 1 aliphatic rings. The largest absolute Gasteiger partial charge is 0.393 e. The van der Waals surface area contributed by atoms with Crippen molar-refractivity contribution in [1.82, 2.24) is 14.7 Å². The van der Waals surface area contributed by atoms with E-state index in [1.807, 2.05) is 0 Å². The molecule has 0 heterocycles. The summed E-state index contributed by atoms with van der Waals surface area (Å²) < 4.78 is 0. The summed E-state index contributed by atoms with van der Waals surface area (Å²) in [5, 5.41) is 10.3. The van der Waals surface area contributed by atoms with Crippen LogP contribution in [0.25, 0.3) is 0 Å². The summed E-state index contributed by atoms with van der Waals surface area (Å²) in [6.45, 7) is 16.5. The lowest BCUT2D eigenvalue weighted by atomic mass is 10.1. The monoisotopic (exact) mass is 958 g/mol. The first-order valence-electron chi connectivity index (χ1n) is 31.4. The van der Waals surface area contributed by atoms with Gasteiger partial charge in [-0.1, -0.05) is 246 Å². The van der Waals surface area contributed by atoms with E-state index in [9.17, 15) is 14.7 Å². The van der Waals surface area contributed by atoms with Gasteiger partial charge in [0.15, 0.2) is 0 Å². The van der Waals surface area contributed by atoms with E-state index in [4.69, 9.17) is 0 Å². The molecule has 2 amide bonds. The molecule has 0 unspecified atom stereocenters. The minimum absolute atomic E-state index is 0.0969. The van der Waals surface area contributed by atoms with E-state index in [1.54, 1.807) is 0 Å². The number of aliphatic hydroxyl groups excluding tert-OH is 1. The molecule has 0 aromatic heterocycles. The maximum Gasteiger partial charge on any atom is 0.222 e. The van der Waals surface area contributed by atoms with Crippen molar-refractivity contribution in [3.05, 3.63) is 0 Å². The fourth-order valence-electron chi connectivity index (χ4n) is 10.9. The van der Waals surface area contributed by atoms with E-state index < -0.39 is 0 Å². The normalized spacial score (nSPS) is 15.0. The number of carbonyl (C=O) groups excluding carboxylic acids is 2. The van der Waals surface area contributed by atoms with Crippen molar-refractivity contribution in [2.24, 2.45) is 5.92 Å². The SMILES string of the molecule is CCCCCCCCCCN(CCCCCCCCCC)C(=O)CCCCCCCN(CCCCCCCC(=O)N(CCCCCCCCCC)CCCCCCCCCC)C[C@@H]1CC[C@@H](O)C1. The van der Waals surface area contributed by atoms with E-state index in [2.05, 4.69) is 42.4 Å². The molecule has 1 fully saturated rings. The summed E-state index contributed by atoms with van der Waals surface area (Å²) in [6.07, 6.45) is 58.6. The second-order valence-electron chi connectivity index (χ2n) is 22.3. The fraction of sp³-hybridized carbons (Fsp3) is 0.968. The van der Waals surface area contributed by atoms with Crippen LogP contribution in [0.1, 0.15) is 329 Å². The van der Waals surface area contributed by atoms with Crippen LogP contribution in [-0.2, 0) is 9.59 Å². The smallest absolute Gasteiger partial charge is 0.222 e. The topological polar surface area (TPSA) is 64.1 Å². The Hall–Kier alpha value is -1.14. The Balaban J connectivity index is 2.43. The maximum atomic E-state index is 13.5. The number of hydrogen-bond donors (Lipinski definition) is 1. The third-order valence-corrected chi connectivity index (χ3v) is 15.6. The Labute approximate surface area is 426 Å². The third kappa shape index (κ3) is 41.5. The lowest BCUT2D eigenvalue weighted by Gasteiger charge is -2.26. The molecule has 0 spiro atoms. The molecule has 404 valence electrons. The van der Waals surface area contributed by atoms with Crippen molar-refractivity contribution >= 4 is 11.8 Å². The van der Waals surface area contributed by atoms with Gasteiger partial charge in [0.2, 0.25) is 11.8 Å². The van der Waals surface area contributed by atoms with Crippen molar-refractivity contribution in [1.29, 1.82) is 0 Å². The quantitative estimate of drug-likeness (QED) is 0.0617. The first-order chi connectivity index (χ1) is 33.4. The number of hydrogen-bond acceptors (Lipinski definition) is 4. The van der Waals surface area contributed by atoms with Gasteiger partial charge in [-0.3, -0.25) is 9.59 Å². The fourth-order valence-corrected chi connectivity index (χ4v) is 10.9. The minimum Gasteiger partial charge on any atom is -0.393 e. The standard InChI is InChI=1S/C62H123N3O3/c1-5-9-13-17-21-25-35-43-53-64(54-44-36-26-22-18-14-10-6-2)61(67)47-39-31-29-33-41-51-63(58-59-49-50-60(66)57-59)52-42-34-30-32-40-48-62(68)65(55-45-37-27-23-19-15-11-7-3)56-46-38-28-24-20-16-12-8-4/h59-60,66H,5-58H2,1-4H3/t59-,60-/m1/s1. The average molecular weight is 959 g/mol. The molecule has 0 radical (unpaired) electrons. The van der Waals surface area contributed by atoms with E-state index in [1.165, 1.54) is 276 Å². The summed E-state index contributed by atoms with van der Waals surface area (Å²) in [5.41, 5.74) is 0. The van der Waals surface area contributed by atoms with Gasteiger partial charge in [-0.15, -0.1) is 0 Å².